The Balaban J connectivity index is 2.11. The molecule has 140 valence electrons. The van der Waals surface area contributed by atoms with Crippen LogP contribution in [0.2, 0.25) is 0 Å². The molecule has 1 aromatic heterocycles. The number of amides is 1. The first kappa shape index (κ1) is 18.8. The predicted octanol–water partition coefficient (Wildman–Crippen LogP) is 3.21. The summed E-state index contributed by atoms with van der Waals surface area (Å²) in [6, 6.07) is 11.0. The molecule has 0 radical (unpaired) electrons. The largest absolute Gasteiger partial charge is 0.465 e. The van der Waals surface area contributed by atoms with Gasteiger partial charge in [0.1, 0.15) is 5.92 Å². The number of pyridine rings is 1. The Morgan fingerprint density at radius 1 is 1.15 bits per heavy atom. The van der Waals surface area contributed by atoms with Crippen molar-refractivity contribution in [1.82, 2.24) is 9.99 Å². The average Bonchev–Trinajstić information content (AvgIpc) is 2.93. The molecule has 0 saturated carbocycles. The number of nitrogens with zero attached hydrogens (tertiary/aromatic N) is 3. The summed E-state index contributed by atoms with van der Waals surface area (Å²) < 4.78 is 5.32. The Morgan fingerprint density at radius 2 is 1.81 bits per heavy atom. The van der Waals surface area contributed by atoms with Gasteiger partial charge in [-0.3, -0.25) is 14.6 Å². The second-order valence-corrected chi connectivity index (χ2v) is 6.99. The summed E-state index contributed by atoms with van der Waals surface area (Å²) in [7, 11) is 0. The lowest BCUT2D eigenvalue weighted by Gasteiger charge is -2.33. The van der Waals surface area contributed by atoms with Crippen molar-refractivity contribution in [1.29, 1.82) is 0 Å². The molecule has 2 heterocycles. The van der Waals surface area contributed by atoms with Gasteiger partial charge in [-0.2, -0.15) is 5.10 Å². The van der Waals surface area contributed by atoms with Gasteiger partial charge in [-0.15, -0.1) is 0 Å². The fraction of sp³-hybridized carbons (Fsp3) is 0.333. The summed E-state index contributed by atoms with van der Waals surface area (Å²) in [5.74, 6) is -1.33. The van der Waals surface area contributed by atoms with E-state index in [9.17, 15) is 9.59 Å². The Bertz CT molecular complexity index is 891. The van der Waals surface area contributed by atoms with Crippen LogP contribution >= 0.6 is 0 Å². The van der Waals surface area contributed by atoms with Crippen LogP contribution in [0, 0.1) is 12.8 Å². The predicted molar refractivity (Wildman–Crippen MR) is 102 cm³/mol. The van der Waals surface area contributed by atoms with Gasteiger partial charge >= 0.3 is 5.97 Å². The third-order valence-corrected chi connectivity index (χ3v) is 4.80. The highest BCUT2D eigenvalue weighted by Gasteiger charge is 2.52. The fourth-order valence-corrected chi connectivity index (χ4v) is 3.37. The fourth-order valence-electron chi connectivity index (χ4n) is 3.37. The summed E-state index contributed by atoms with van der Waals surface area (Å²) in [4.78, 5) is 29.9. The molecule has 0 N–H and O–H groups in total. The molecule has 1 aliphatic heterocycles. The van der Waals surface area contributed by atoms with E-state index in [2.05, 4.69) is 10.1 Å². The lowest BCUT2D eigenvalue weighted by molar-refractivity contribution is -0.148. The first-order valence-corrected chi connectivity index (χ1v) is 8.93. The van der Waals surface area contributed by atoms with Gasteiger partial charge in [0.15, 0.2) is 0 Å². The van der Waals surface area contributed by atoms with Crippen molar-refractivity contribution in [3.05, 3.63) is 65.5 Å². The van der Waals surface area contributed by atoms with Crippen LogP contribution in [0.4, 0.5) is 0 Å². The molecule has 6 heteroatoms. The smallest absolute Gasteiger partial charge is 0.317 e. The molecule has 1 aliphatic rings. The van der Waals surface area contributed by atoms with Crippen LogP contribution in [0.3, 0.4) is 0 Å². The van der Waals surface area contributed by atoms with E-state index in [0.29, 0.717) is 11.3 Å². The van der Waals surface area contributed by atoms with Gasteiger partial charge in [-0.05, 0) is 45.4 Å². The summed E-state index contributed by atoms with van der Waals surface area (Å²) in [6.07, 6.45) is 3.12. The highest BCUT2D eigenvalue weighted by molar-refractivity contribution is 6.16. The molecule has 1 unspecified atom stereocenters. The average molecular weight is 365 g/mol. The minimum atomic E-state index is -0.871. The van der Waals surface area contributed by atoms with Gasteiger partial charge in [-0.1, -0.05) is 24.3 Å². The summed E-state index contributed by atoms with van der Waals surface area (Å²) in [5, 5.41) is 6.01. The SMILES string of the molecule is CCOC(=O)C1C(c2ccccc2C)=NN(C(=O)c2ccncc2)C1(C)C. The lowest BCUT2D eigenvalue weighted by Crippen LogP contribution is -2.49. The maximum atomic E-state index is 13.1. The van der Waals surface area contributed by atoms with Gasteiger partial charge in [0, 0.05) is 23.5 Å². The summed E-state index contributed by atoms with van der Waals surface area (Å²) in [6.45, 7) is 7.67. The number of carbonyl (C=O) groups is 2. The van der Waals surface area contributed by atoms with E-state index in [-0.39, 0.29) is 18.5 Å². The van der Waals surface area contributed by atoms with Gasteiger partial charge in [0.25, 0.3) is 5.91 Å². The third kappa shape index (κ3) is 3.35. The Hall–Kier alpha value is -3.02. The van der Waals surface area contributed by atoms with Crippen molar-refractivity contribution in [3.8, 4) is 0 Å². The Kier molecular flexibility index (Phi) is 5.08. The van der Waals surface area contributed by atoms with E-state index < -0.39 is 11.5 Å². The van der Waals surface area contributed by atoms with Crippen LogP contribution in [0.15, 0.2) is 53.9 Å². The van der Waals surface area contributed by atoms with Crippen LogP contribution in [0.5, 0.6) is 0 Å². The van der Waals surface area contributed by atoms with E-state index in [1.54, 1.807) is 31.5 Å². The first-order valence-electron chi connectivity index (χ1n) is 8.93. The molecule has 0 bridgehead atoms. The number of carbonyl (C=O) groups excluding carboxylic acids is 2. The lowest BCUT2D eigenvalue weighted by atomic mass is 9.81. The standard InChI is InChI=1S/C21H23N3O3/c1-5-27-20(26)17-18(16-9-7-6-8-14(16)2)23-24(21(17,3)4)19(25)15-10-12-22-13-11-15/h6-13,17H,5H2,1-4H3. The molecule has 1 atom stereocenters. The zero-order chi connectivity index (χ0) is 19.6. The maximum Gasteiger partial charge on any atom is 0.317 e. The van der Waals surface area contributed by atoms with Crippen molar-refractivity contribution >= 4 is 17.6 Å². The van der Waals surface area contributed by atoms with Gasteiger partial charge in [-0.25, -0.2) is 5.01 Å². The Morgan fingerprint density at radius 3 is 2.44 bits per heavy atom. The van der Waals surface area contributed by atoms with E-state index >= 15 is 0 Å². The number of aryl methyl sites for hydroxylation is 1. The molecule has 6 nitrogen and oxygen atoms in total. The van der Waals surface area contributed by atoms with Gasteiger partial charge in [0.2, 0.25) is 0 Å². The second kappa shape index (κ2) is 7.31. The number of hydrogen-bond acceptors (Lipinski definition) is 5. The molecule has 0 saturated heterocycles. The van der Waals surface area contributed by atoms with Crippen LogP contribution < -0.4 is 0 Å². The van der Waals surface area contributed by atoms with Crippen molar-refractivity contribution in [2.75, 3.05) is 6.61 Å². The number of ether oxygens (including phenoxy) is 1. The van der Waals surface area contributed by atoms with Gasteiger partial charge in [0.05, 0.1) is 17.9 Å². The van der Waals surface area contributed by atoms with E-state index in [1.807, 2.05) is 45.0 Å². The van der Waals surface area contributed by atoms with Crippen molar-refractivity contribution in [2.24, 2.45) is 11.0 Å². The molecular weight excluding hydrogens is 342 g/mol. The van der Waals surface area contributed by atoms with Crippen LogP contribution in [0.25, 0.3) is 0 Å². The van der Waals surface area contributed by atoms with E-state index in [1.165, 1.54) is 5.01 Å². The van der Waals surface area contributed by atoms with Crippen LogP contribution in [-0.4, -0.2) is 39.7 Å². The topological polar surface area (TPSA) is 71.9 Å². The van der Waals surface area contributed by atoms with E-state index in [0.717, 1.165) is 11.1 Å². The highest BCUT2D eigenvalue weighted by atomic mass is 16.5. The van der Waals surface area contributed by atoms with Gasteiger partial charge < -0.3 is 4.74 Å². The monoisotopic (exact) mass is 365 g/mol. The Labute approximate surface area is 158 Å². The molecular formula is C21H23N3O3. The summed E-state index contributed by atoms with van der Waals surface area (Å²) in [5.41, 5.74) is 1.98. The number of hydrogen-bond donors (Lipinski definition) is 0. The molecule has 1 amide bonds. The van der Waals surface area contributed by atoms with Crippen LogP contribution in [0.1, 0.15) is 42.3 Å². The normalized spacial score (nSPS) is 18.1. The molecule has 0 fully saturated rings. The van der Waals surface area contributed by atoms with Crippen molar-refractivity contribution in [3.63, 3.8) is 0 Å². The maximum absolute atomic E-state index is 13.1. The minimum absolute atomic E-state index is 0.269. The third-order valence-electron chi connectivity index (χ3n) is 4.80. The zero-order valence-electron chi connectivity index (χ0n) is 16.0. The van der Waals surface area contributed by atoms with E-state index in [4.69, 9.17) is 4.74 Å². The highest BCUT2D eigenvalue weighted by Crippen LogP contribution is 2.37. The molecule has 1 aromatic carbocycles. The number of benzene rings is 1. The second-order valence-electron chi connectivity index (χ2n) is 6.99. The molecule has 0 spiro atoms. The molecule has 0 aliphatic carbocycles. The summed E-state index contributed by atoms with van der Waals surface area (Å²) >= 11 is 0. The zero-order valence-corrected chi connectivity index (χ0v) is 16.0. The number of aromatic nitrogens is 1. The number of hydrazone groups is 1. The molecule has 27 heavy (non-hydrogen) atoms. The quantitative estimate of drug-likeness (QED) is 0.780. The molecule has 3 rings (SSSR count). The number of esters is 1. The molecule has 2 aromatic rings. The minimum Gasteiger partial charge on any atom is -0.465 e. The van der Waals surface area contributed by atoms with Crippen molar-refractivity contribution in [2.45, 2.75) is 33.2 Å². The number of rotatable bonds is 4. The first-order chi connectivity index (χ1) is 12.9. The van der Waals surface area contributed by atoms with Crippen molar-refractivity contribution < 1.29 is 14.3 Å². The van der Waals surface area contributed by atoms with Crippen LogP contribution in [-0.2, 0) is 9.53 Å².